The van der Waals surface area contributed by atoms with E-state index in [0.29, 0.717) is 12.2 Å². The third-order valence-corrected chi connectivity index (χ3v) is 4.24. The minimum Gasteiger partial charge on any atom is -0.504 e. The summed E-state index contributed by atoms with van der Waals surface area (Å²) >= 11 is 0. The number of nitrogens with zero attached hydrogens (tertiary/aromatic N) is 1. The number of urea groups is 1. The second-order valence-corrected chi connectivity index (χ2v) is 6.16. The lowest BCUT2D eigenvalue weighted by atomic mass is 10.1. The number of nitrogens with one attached hydrogen (secondary N) is 1. The zero-order valence-electron chi connectivity index (χ0n) is 16.2. The van der Waals surface area contributed by atoms with Crippen molar-refractivity contribution in [3.8, 4) is 11.5 Å². The minimum absolute atomic E-state index is 0.0825. The lowest BCUT2D eigenvalue weighted by Gasteiger charge is -2.26. The van der Waals surface area contributed by atoms with Crippen LogP contribution in [0.5, 0.6) is 11.5 Å². The number of carbonyl (C=O) groups is 4. The van der Waals surface area contributed by atoms with Crippen LogP contribution in [0.15, 0.2) is 48.0 Å². The van der Waals surface area contributed by atoms with E-state index in [2.05, 4.69) is 10.1 Å². The summed E-state index contributed by atoms with van der Waals surface area (Å²) in [5.41, 5.74) is 0.555. The van der Waals surface area contributed by atoms with Crippen LogP contribution in [0, 0.1) is 0 Å². The van der Waals surface area contributed by atoms with Gasteiger partial charge in [0.2, 0.25) is 0 Å². The Kier molecular flexibility index (Phi) is 5.82. The molecule has 1 aliphatic rings. The highest BCUT2D eigenvalue weighted by atomic mass is 16.5. The van der Waals surface area contributed by atoms with Crippen LogP contribution in [-0.4, -0.2) is 42.6 Å². The molecule has 154 valence electrons. The number of phenolic OH excluding ortho intramolecular Hbond substituents is 1. The van der Waals surface area contributed by atoms with Gasteiger partial charge in [0, 0.05) is 0 Å². The number of ether oxygens (including phenoxy) is 2. The van der Waals surface area contributed by atoms with Gasteiger partial charge in [-0.3, -0.25) is 14.9 Å². The molecule has 0 bridgehead atoms. The molecule has 9 nitrogen and oxygen atoms in total. The van der Waals surface area contributed by atoms with Crippen molar-refractivity contribution in [2.45, 2.75) is 6.92 Å². The van der Waals surface area contributed by atoms with Gasteiger partial charge in [-0.15, -0.1) is 0 Å². The van der Waals surface area contributed by atoms with Gasteiger partial charge in [0.05, 0.1) is 25.0 Å². The normalized spacial score (nSPS) is 15.2. The van der Waals surface area contributed by atoms with Crippen molar-refractivity contribution >= 4 is 35.6 Å². The number of methoxy groups -OCH3 is 1. The summed E-state index contributed by atoms with van der Waals surface area (Å²) in [6.07, 6.45) is 1.29. The number of carbonyl (C=O) groups excluding carboxylic acids is 4. The number of amides is 4. The number of phenols is 1. The average molecular weight is 410 g/mol. The summed E-state index contributed by atoms with van der Waals surface area (Å²) in [5.74, 6) is -2.13. The Labute approximate surface area is 171 Å². The van der Waals surface area contributed by atoms with E-state index >= 15 is 0 Å². The summed E-state index contributed by atoms with van der Waals surface area (Å²) in [4.78, 5) is 49.8. The number of aromatic hydroxyl groups is 1. The van der Waals surface area contributed by atoms with Crippen LogP contribution >= 0.6 is 0 Å². The van der Waals surface area contributed by atoms with Crippen LogP contribution in [-0.2, 0) is 14.3 Å². The lowest BCUT2D eigenvalue weighted by molar-refractivity contribution is -0.122. The second kappa shape index (κ2) is 8.48. The molecule has 3 rings (SSSR count). The van der Waals surface area contributed by atoms with Crippen molar-refractivity contribution in [2.75, 3.05) is 18.6 Å². The highest BCUT2D eigenvalue weighted by Crippen LogP contribution is 2.29. The van der Waals surface area contributed by atoms with Crippen molar-refractivity contribution in [3.05, 3.63) is 59.2 Å². The zero-order valence-corrected chi connectivity index (χ0v) is 16.2. The summed E-state index contributed by atoms with van der Waals surface area (Å²) in [6.45, 7) is 2.06. The van der Waals surface area contributed by atoms with Crippen LogP contribution in [0.25, 0.3) is 6.08 Å². The number of hydrogen-bond acceptors (Lipinski definition) is 7. The van der Waals surface area contributed by atoms with Gasteiger partial charge >= 0.3 is 12.0 Å². The maximum absolute atomic E-state index is 12.9. The highest BCUT2D eigenvalue weighted by Gasteiger charge is 2.36. The molecule has 0 unspecified atom stereocenters. The van der Waals surface area contributed by atoms with Crippen LogP contribution in [0.2, 0.25) is 0 Å². The van der Waals surface area contributed by atoms with E-state index in [1.165, 1.54) is 55.7 Å². The topological polar surface area (TPSA) is 122 Å². The predicted molar refractivity (Wildman–Crippen MR) is 106 cm³/mol. The Morgan fingerprint density at radius 1 is 1.13 bits per heavy atom. The fourth-order valence-electron chi connectivity index (χ4n) is 2.81. The Morgan fingerprint density at radius 3 is 2.47 bits per heavy atom. The van der Waals surface area contributed by atoms with Crippen LogP contribution < -0.4 is 15.0 Å². The summed E-state index contributed by atoms with van der Waals surface area (Å²) in [7, 11) is 1.24. The molecular formula is C21H18N2O7. The largest absolute Gasteiger partial charge is 0.504 e. The molecule has 30 heavy (non-hydrogen) atoms. The quantitative estimate of drug-likeness (QED) is 0.440. The van der Waals surface area contributed by atoms with Crippen LogP contribution in [0.4, 0.5) is 10.5 Å². The first kappa shape index (κ1) is 20.6. The number of imide groups is 2. The number of benzene rings is 2. The maximum atomic E-state index is 12.9. The number of esters is 1. The first-order valence-electron chi connectivity index (χ1n) is 8.91. The molecule has 0 atom stereocenters. The van der Waals surface area contributed by atoms with Crippen molar-refractivity contribution < 1.29 is 33.8 Å². The fraction of sp³-hybridized carbons (Fsp3) is 0.143. The molecule has 1 aliphatic heterocycles. The Bertz CT molecular complexity index is 1060. The van der Waals surface area contributed by atoms with Gasteiger partial charge in [-0.25, -0.2) is 14.5 Å². The standard InChI is InChI=1S/C21H18N2O7/c1-3-30-17-11-12(4-9-16(17)24)10-15-18(25)22-21(28)23(19(15)26)14-7-5-13(6-8-14)20(27)29-2/h4-11,24H,3H2,1-2H3,(H,22,25,28). The molecule has 2 aromatic rings. The molecule has 4 amide bonds. The predicted octanol–water partition coefficient (Wildman–Crippen LogP) is 2.24. The molecule has 2 N–H and O–H groups in total. The van der Waals surface area contributed by atoms with E-state index in [1.54, 1.807) is 6.92 Å². The van der Waals surface area contributed by atoms with Crippen molar-refractivity contribution in [3.63, 3.8) is 0 Å². The maximum Gasteiger partial charge on any atom is 0.337 e. The SMILES string of the molecule is CCOc1cc(C=C2C(=O)NC(=O)N(c3ccc(C(=O)OC)cc3)C2=O)ccc1O. The molecule has 0 saturated carbocycles. The van der Waals surface area contributed by atoms with Gasteiger partial charge in [-0.2, -0.15) is 0 Å². The lowest BCUT2D eigenvalue weighted by Crippen LogP contribution is -2.54. The van der Waals surface area contributed by atoms with E-state index in [-0.39, 0.29) is 28.3 Å². The fourth-order valence-corrected chi connectivity index (χ4v) is 2.81. The van der Waals surface area contributed by atoms with Crippen molar-refractivity contribution in [1.82, 2.24) is 5.32 Å². The van der Waals surface area contributed by atoms with Gasteiger partial charge in [-0.1, -0.05) is 6.07 Å². The van der Waals surface area contributed by atoms with Crippen molar-refractivity contribution in [2.24, 2.45) is 0 Å². The van der Waals surface area contributed by atoms with E-state index < -0.39 is 23.8 Å². The third kappa shape index (κ3) is 4.00. The molecule has 0 aliphatic carbocycles. The monoisotopic (exact) mass is 410 g/mol. The minimum atomic E-state index is -0.909. The molecule has 2 aromatic carbocycles. The Balaban J connectivity index is 1.95. The van der Waals surface area contributed by atoms with Crippen molar-refractivity contribution in [1.29, 1.82) is 0 Å². The number of rotatable bonds is 5. The van der Waals surface area contributed by atoms with Gasteiger partial charge in [0.15, 0.2) is 11.5 Å². The Morgan fingerprint density at radius 2 is 1.83 bits per heavy atom. The first-order chi connectivity index (χ1) is 14.3. The average Bonchev–Trinajstić information content (AvgIpc) is 2.73. The van der Waals surface area contributed by atoms with Crippen LogP contribution in [0.1, 0.15) is 22.8 Å². The second-order valence-electron chi connectivity index (χ2n) is 6.16. The smallest absolute Gasteiger partial charge is 0.337 e. The Hall–Kier alpha value is -4.14. The number of barbiturate groups is 1. The van der Waals surface area contributed by atoms with Gasteiger partial charge in [-0.05, 0) is 55.0 Å². The summed E-state index contributed by atoms with van der Waals surface area (Å²) in [5, 5.41) is 11.9. The molecule has 0 radical (unpaired) electrons. The zero-order chi connectivity index (χ0) is 21.8. The summed E-state index contributed by atoms with van der Waals surface area (Å²) < 4.78 is 9.92. The first-order valence-corrected chi connectivity index (χ1v) is 8.91. The van der Waals surface area contributed by atoms with Gasteiger partial charge in [0.1, 0.15) is 5.57 Å². The van der Waals surface area contributed by atoms with E-state index in [0.717, 1.165) is 4.90 Å². The van der Waals surface area contributed by atoms with Gasteiger partial charge < -0.3 is 14.6 Å². The van der Waals surface area contributed by atoms with E-state index in [9.17, 15) is 24.3 Å². The van der Waals surface area contributed by atoms with Crippen LogP contribution in [0.3, 0.4) is 0 Å². The third-order valence-electron chi connectivity index (χ3n) is 4.24. The molecule has 1 heterocycles. The molecule has 1 saturated heterocycles. The molecule has 0 spiro atoms. The van der Waals surface area contributed by atoms with E-state index in [4.69, 9.17) is 4.74 Å². The number of anilines is 1. The number of hydrogen-bond donors (Lipinski definition) is 2. The molecule has 1 fully saturated rings. The molecular weight excluding hydrogens is 392 g/mol. The van der Waals surface area contributed by atoms with Gasteiger partial charge in [0.25, 0.3) is 11.8 Å². The van der Waals surface area contributed by atoms with E-state index in [1.807, 2.05) is 0 Å². The molecule has 9 heteroatoms. The highest BCUT2D eigenvalue weighted by molar-refractivity contribution is 6.39. The molecule has 0 aromatic heterocycles. The summed E-state index contributed by atoms with van der Waals surface area (Å²) in [6, 6.07) is 9.02.